The van der Waals surface area contributed by atoms with Crippen LogP contribution in [-0.2, 0) is 0 Å². The highest BCUT2D eigenvalue weighted by molar-refractivity contribution is 5.85. The maximum Gasteiger partial charge on any atom is 0.259 e. The van der Waals surface area contributed by atoms with Crippen molar-refractivity contribution in [3.05, 3.63) is 36.1 Å². The molecule has 2 aromatic heterocycles. The Hall–Kier alpha value is -2.19. The fraction of sp³-hybridized carbons (Fsp3) is 0.308. The Labute approximate surface area is 145 Å². The Bertz CT molecular complexity index is 686. The number of rotatable bonds is 2. The number of piperazine rings is 1. The van der Waals surface area contributed by atoms with Gasteiger partial charge in [0.15, 0.2) is 0 Å². The van der Waals surface area contributed by atoms with Crippen LogP contribution in [0.4, 0.5) is 17.5 Å². The second kappa shape index (κ2) is 7.89. The van der Waals surface area contributed by atoms with Crippen LogP contribution >= 0.6 is 24.8 Å². The van der Waals surface area contributed by atoms with Crippen molar-refractivity contribution in [2.75, 3.05) is 41.7 Å². The average molecular weight is 360 g/mol. The first-order valence-corrected chi connectivity index (χ1v) is 6.69. The highest BCUT2D eigenvalue weighted by atomic mass is 35.5. The van der Waals surface area contributed by atoms with Crippen LogP contribution in [0, 0.1) is 5.41 Å². The Balaban J connectivity index is 0.00000132. The van der Waals surface area contributed by atoms with Crippen LogP contribution < -0.4 is 21.2 Å². The van der Waals surface area contributed by atoms with Gasteiger partial charge >= 0.3 is 0 Å². The SMILES string of the molecule is Cl.Cl.N=c1nc(N2CCN(c3ccccn3)CC2)cc(N)n1O. The van der Waals surface area contributed by atoms with Crippen molar-refractivity contribution in [1.82, 2.24) is 14.7 Å². The highest BCUT2D eigenvalue weighted by Gasteiger charge is 2.19. The molecule has 0 radical (unpaired) electrons. The Kier molecular flexibility index (Phi) is 6.47. The molecular formula is C13H19Cl2N7O. The molecule has 0 atom stereocenters. The molecule has 1 aliphatic rings. The van der Waals surface area contributed by atoms with Crippen molar-refractivity contribution in [2.45, 2.75) is 0 Å². The summed E-state index contributed by atoms with van der Waals surface area (Å²) in [6.07, 6.45) is 1.79. The first-order valence-electron chi connectivity index (χ1n) is 6.69. The van der Waals surface area contributed by atoms with Crippen molar-refractivity contribution in [2.24, 2.45) is 0 Å². The quantitative estimate of drug-likeness (QED) is 0.682. The third-order valence-corrected chi connectivity index (χ3v) is 3.52. The van der Waals surface area contributed by atoms with Gasteiger partial charge in [0.1, 0.15) is 17.5 Å². The number of halogens is 2. The van der Waals surface area contributed by atoms with E-state index in [-0.39, 0.29) is 36.3 Å². The molecule has 126 valence electrons. The fourth-order valence-electron chi connectivity index (χ4n) is 2.37. The van der Waals surface area contributed by atoms with E-state index in [0.717, 1.165) is 32.0 Å². The van der Waals surface area contributed by atoms with E-state index in [0.29, 0.717) is 10.5 Å². The summed E-state index contributed by atoms with van der Waals surface area (Å²) in [4.78, 5) is 12.6. The van der Waals surface area contributed by atoms with E-state index in [1.54, 1.807) is 12.3 Å². The Morgan fingerprint density at radius 1 is 1.04 bits per heavy atom. The van der Waals surface area contributed by atoms with Gasteiger partial charge in [0.2, 0.25) is 0 Å². The van der Waals surface area contributed by atoms with Crippen LogP contribution in [0.3, 0.4) is 0 Å². The molecule has 3 heterocycles. The smallest absolute Gasteiger partial charge is 0.259 e. The van der Waals surface area contributed by atoms with Crippen molar-refractivity contribution in [3.8, 4) is 0 Å². The van der Waals surface area contributed by atoms with Crippen molar-refractivity contribution in [3.63, 3.8) is 0 Å². The molecule has 1 aliphatic heterocycles. The van der Waals surface area contributed by atoms with Gasteiger partial charge < -0.3 is 20.7 Å². The van der Waals surface area contributed by atoms with E-state index in [1.165, 1.54) is 0 Å². The number of nitrogens with two attached hydrogens (primary N) is 1. The van der Waals surface area contributed by atoms with E-state index in [9.17, 15) is 5.21 Å². The lowest BCUT2D eigenvalue weighted by Gasteiger charge is -2.36. The third-order valence-electron chi connectivity index (χ3n) is 3.52. The summed E-state index contributed by atoms with van der Waals surface area (Å²) in [7, 11) is 0. The van der Waals surface area contributed by atoms with Gasteiger partial charge in [-0.15, -0.1) is 29.5 Å². The lowest BCUT2D eigenvalue weighted by molar-refractivity contribution is 0.171. The number of nitrogens with zero attached hydrogens (tertiary/aromatic N) is 5. The molecule has 23 heavy (non-hydrogen) atoms. The van der Waals surface area contributed by atoms with E-state index >= 15 is 0 Å². The Morgan fingerprint density at radius 2 is 1.65 bits per heavy atom. The molecule has 2 aromatic rings. The zero-order chi connectivity index (χ0) is 14.8. The average Bonchev–Trinajstić information content (AvgIpc) is 2.53. The van der Waals surface area contributed by atoms with Crippen LogP contribution in [0.2, 0.25) is 0 Å². The number of hydrogen-bond donors (Lipinski definition) is 3. The topological polar surface area (TPSA) is 107 Å². The van der Waals surface area contributed by atoms with Gasteiger partial charge in [0, 0.05) is 38.4 Å². The first-order chi connectivity index (χ1) is 10.1. The number of aromatic nitrogens is 3. The lowest BCUT2D eigenvalue weighted by Crippen LogP contribution is -2.47. The second-order valence-electron chi connectivity index (χ2n) is 4.84. The zero-order valence-corrected chi connectivity index (χ0v) is 13.9. The van der Waals surface area contributed by atoms with Gasteiger partial charge in [-0.1, -0.05) is 6.07 Å². The number of hydrogen-bond acceptors (Lipinski definition) is 7. The minimum absolute atomic E-state index is 0. The molecule has 0 amide bonds. The van der Waals surface area contributed by atoms with Crippen LogP contribution in [0.25, 0.3) is 0 Å². The lowest BCUT2D eigenvalue weighted by atomic mass is 10.3. The normalized spacial score (nSPS) is 13.9. The van der Waals surface area contributed by atoms with E-state index in [1.807, 2.05) is 23.1 Å². The summed E-state index contributed by atoms with van der Waals surface area (Å²) in [5.41, 5.74) is 5.39. The fourth-order valence-corrected chi connectivity index (χ4v) is 2.37. The third kappa shape index (κ3) is 3.96. The summed E-state index contributed by atoms with van der Waals surface area (Å²) in [6.45, 7) is 3.16. The number of pyridine rings is 1. The summed E-state index contributed by atoms with van der Waals surface area (Å²) >= 11 is 0. The molecule has 0 saturated carbocycles. The largest absolute Gasteiger partial charge is 0.423 e. The molecule has 4 N–H and O–H groups in total. The highest BCUT2D eigenvalue weighted by Crippen LogP contribution is 2.17. The van der Waals surface area contributed by atoms with Gasteiger partial charge in [-0.2, -0.15) is 4.98 Å². The second-order valence-corrected chi connectivity index (χ2v) is 4.84. The molecule has 0 spiro atoms. The molecule has 8 nitrogen and oxygen atoms in total. The van der Waals surface area contributed by atoms with Gasteiger partial charge in [0.05, 0.1) is 0 Å². The van der Waals surface area contributed by atoms with E-state index in [4.69, 9.17) is 11.1 Å². The van der Waals surface area contributed by atoms with Crippen LogP contribution in [0.5, 0.6) is 0 Å². The zero-order valence-electron chi connectivity index (χ0n) is 12.3. The molecule has 10 heteroatoms. The first kappa shape index (κ1) is 18.9. The number of anilines is 3. The molecule has 0 aliphatic carbocycles. The summed E-state index contributed by atoms with van der Waals surface area (Å²) < 4.78 is 0.563. The Morgan fingerprint density at radius 3 is 2.17 bits per heavy atom. The van der Waals surface area contributed by atoms with Crippen LogP contribution in [0.1, 0.15) is 0 Å². The van der Waals surface area contributed by atoms with E-state index < -0.39 is 0 Å². The van der Waals surface area contributed by atoms with E-state index in [2.05, 4.69) is 14.9 Å². The number of nitrogens with one attached hydrogen (secondary N) is 1. The molecule has 0 aromatic carbocycles. The van der Waals surface area contributed by atoms with Gasteiger partial charge in [0.25, 0.3) is 5.62 Å². The predicted molar refractivity (Wildman–Crippen MR) is 92.8 cm³/mol. The van der Waals surface area contributed by atoms with Crippen LogP contribution in [0.15, 0.2) is 30.5 Å². The maximum absolute atomic E-state index is 9.43. The molecule has 3 rings (SSSR count). The van der Waals surface area contributed by atoms with Crippen molar-refractivity contribution >= 4 is 42.3 Å². The minimum Gasteiger partial charge on any atom is -0.423 e. The van der Waals surface area contributed by atoms with Crippen LogP contribution in [-0.4, -0.2) is 46.1 Å². The maximum atomic E-state index is 9.43. The van der Waals surface area contributed by atoms with Crippen molar-refractivity contribution in [1.29, 1.82) is 5.41 Å². The summed E-state index contributed by atoms with van der Waals surface area (Å²) in [5.74, 6) is 1.69. The van der Waals surface area contributed by atoms with Crippen molar-refractivity contribution < 1.29 is 5.21 Å². The minimum atomic E-state index is -0.267. The summed E-state index contributed by atoms with van der Waals surface area (Å²) in [6, 6.07) is 7.44. The van der Waals surface area contributed by atoms with Gasteiger partial charge in [-0.05, 0) is 12.1 Å². The number of nitrogen functional groups attached to an aromatic ring is 1. The molecule has 0 unspecified atom stereocenters. The molecule has 0 bridgehead atoms. The molecular weight excluding hydrogens is 341 g/mol. The van der Waals surface area contributed by atoms with Gasteiger partial charge in [-0.3, -0.25) is 5.41 Å². The predicted octanol–water partition coefficient (Wildman–Crippen LogP) is 0.747. The monoisotopic (exact) mass is 359 g/mol. The van der Waals surface area contributed by atoms with Gasteiger partial charge in [-0.25, -0.2) is 4.98 Å². The molecule has 1 fully saturated rings. The standard InChI is InChI=1S/C13H17N7O.2ClH/c14-10-9-12(17-13(15)20(10)21)19-7-5-18(6-8-19)11-3-1-2-4-16-11;;/h1-4,9,15,21H,5-8,14H2;2*1H. The summed E-state index contributed by atoms with van der Waals surface area (Å²) in [5, 5.41) is 17.0. The molecule has 1 saturated heterocycles.